The number of benzene rings is 2. The van der Waals surface area contributed by atoms with E-state index in [9.17, 15) is 9.59 Å². The first-order chi connectivity index (χ1) is 11.5. The minimum atomic E-state index is -0.610. The van der Waals surface area contributed by atoms with Crippen molar-refractivity contribution in [1.82, 2.24) is 0 Å². The van der Waals surface area contributed by atoms with Crippen molar-refractivity contribution in [2.75, 3.05) is 23.9 Å². The van der Waals surface area contributed by atoms with E-state index in [4.69, 9.17) is 11.6 Å². The van der Waals surface area contributed by atoms with Crippen molar-refractivity contribution in [2.45, 2.75) is 6.04 Å². The summed E-state index contributed by atoms with van der Waals surface area (Å²) >= 11 is 6.07. The maximum atomic E-state index is 13.1. The van der Waals surface area contributed by atoms with E-state index in [-0.39, 0.29) is 11.7 Å². The number of carbonyl (C=O) groups is 2. The van der Waals surface area contributed by atoms with E-state index in [1.807, 2.05) is 31.1 Å². The molecule has 0 fully saturated rings. The molecule has 1 atom stereocenters. The molecule has 1 aliphatic heterocycles. The zero-order valence-corrected chi connectivity index (χ0v) is 14.0. The SMILES string of the molecule is CN(C)c1cc2c3c(c1)C(=O)N(c1cccc(Cl)c1)C(C=C2)C3=O. The number of hydrogen-bond acceptors (Lipinski definition) is 3. The van der Waals surface area contributed by atoms with Crippen molar-refractivity contribution in [2.24, 2.45) is 0 Å². The third kappa shape index (κ3) is 2.07. The van der Waals surface area contributed by atoms with Gasteiger partial charge in [-0.3, -0.25) is 14.5 Å². The van der Waals surface area contributed by atoms with Gasteiger partial charge in [0.25, 0.3) is 5.91 Å². The monoisotopic (exact) mass is 338 g/mol. The Morgan fingerprint density at radius 2 is 1.92 bits per heavy atom. The molecule has 4 rings (SSSR count). The predicted molar refractivity (Wildman–Crippen MR) is 96.2 cm³/mol. The van der Waals surface area contributed by atoms with Crippen LogP contribution in [-0.2, 0) is 0 Å². The maximum absolute atomic E-state index is 13.1. The molecular formula is C19H15ClN2O2. The summed E-state index contributed by atoms with van der Waals surface area (Å²) in [4.78, 5) is 29.5. The number of halogens is 1. The summed E-state index contributed by atoms with van der Waals surface area (Å²) in [6.45, 7) is 0. The third-order valence-electron chi connectivity index (χ3n) is 4.46. The Morgan fingerprint density at radius 1 is 1.12 bits per heavy atom. The quantitative estimate of drug-likeness (QED) is 0.839. The first-order valence-electron chi connectivity index (χ1n) is 7.64. The number of ketones is 1. The fourth-order valence-electron chi connectivity index (χ4n) is 3.28. The van der Waals surface area contributed by atoms with Gasteiger partial charge in [0, 0.05) is 36.1 Å². The molecule has 5 heteroatoms. The number of carbonyl (C=O) groups excluding carboxylic acids is 2. The molecule has 120 valence electrons. The summed E-state index contributed by atoms with van der Waals surface area (Å²) in [6.07, 6.45) is 3.70. The summed E-state index contributed by atoms with van der Waals surface area (Å²) in [5.41, 5.74) is 3.29. The van der Waals surface area contributed by atoms with E-state index in [0.29, 0.717) is 21.8 Å². The highest BCUT2D eigenvalue weighted by Gasteiger charge is 2.41. The largest absolute Gasteiger partial charge is 0.378 e. The molecule has 24 heavy (non-hydrogen) atoms. The van der Waals surface area contributed by atoms with Gasteiger partial charge in [0.15, 0.2) is 5.78 Å². The molecule has 2 aromatic rings. The van der Waals surface area contributed by atoms with E-state index in [2.05, 4.69) is 0 Å². The molecule has 2 aromatic carbocycles. The van der Waals surface area contributed by atoms with Crippen molar-refractivity contribution in [1.29, 1.82) is 0 Å². The number of Topliss-reactive ketones (excluding diaryl/α,β-unsaturated/α-hetero) is 1. The molecule has 2 bridgehead atoms. The zero-order chi connectivity index (χ0) is 17.0. The number of nitrogens with zero attached hydrogens (tertiary/aromatic N) is 2. The fourth-order valence-corrected chi connectivity index (χ4v) is 3.46. The number of hydrogen-bond donors (Lipinski definition) is 0. The topological polar surface area (TPSA) is 40.6 Å². The number of fused-ring (bicyclic) bond motifs is 1. The highest BCUT2D eigenvalue weighted by Crippen LogP contribution is 2.37. The van der Waals surface area contributed by atoms with Gasteiger partial charge in [-0.15, -0.1) is 0 Å². The summed E-state index contributed by atoms with van der Waals surface area (Å²) in [5, 5.41) is 0.529. The van der Waals surface area contributed by atoms with Gasteiger partial charge in [-0.05, 0) is 35.9 Å². The Labute approximate surface area is 144 Å². The smallest absolute Gasteiger partial charge is 0.260 e. The molecule has 0 saturated carbocycles. The van der Waals surface area contributed by atoms with Gasteiger partial charge in [-0.2, -0.15) is 0 Å². The lowest BCUT2D eigenvalue weighted by atomic mass is 9.83. The molecule has 4 nitrogen and oxygen atoms in total. The lowest BCUT2D eigenvalue weighted by Gasteiger charge is -2.37. The minimum Gasteiger partial charge on any atom is -0.378 e. The van der Waals surface area contributed by atoms with Crippen molar-refractivity contribution < 1.29 is 9.59 Å². The van der Waals surface area contributed by atoms with Crippen LogP contribution in [0.1, 0.15) is 26.3 Å². The van der Waals surface area contributed by atoms with Crippen LogP contribution in [0.5, 0.6) is 0 Å². The minimum absolute atomic E-state index is 0.0487. The van der Waals surface area contributed by atoms with Crippen molar-refractivity contribution >= 4 is 40.7 Å². The van der Waals surface area contributed by atoms with Gasteiger partial charge >= 0.3 is 0 Å². The highest BCUT2D eigenvalue weighted by molar-refractivity contribution is 6.31. The van der Waals surface area contributed by atoms with Gasteiger partial charge in [0.1, 0.15) is 6.04 Å². The summed E-state index contributed by atoms with van der Waals surface area (Å²) in [6, 6.07) is 10.1. The van der Waals surface area contributed by atoms with Crippen LogP contribution in [0.15, 0.2) is 42.5 Å². The molecule has 2 aliphatic rings. The Hall–Kier alpha value is -2.59. The second kappa shape index (κ2) is 5.21. The third-order valence-corrected chi connectivity index (χ3v) is 4.69. The van der Waals surface area contributed by atoms with Gasteiger partial charge in [0.2, 0.25) is 0 Å². The van der Waals surface area contributed by atoms with Crippen LogP contribution >= 0.6 is 11.6 Å². The van der Waals surface area contributed by atoms with Crippen LogP contribution in [0.4, 0.5) is 11.4 Å². The Morgan fingerprint density at radius 3 is 2.62 bits per heavy atom. The molecule has 1 unspecified atom stereocenters. The zero-order valence-electron chi connectivity index (χ0n) is 13.3. The van der Waals surface area contributed by atoms with Gasteiger partial charge in [0.05, 0.1) is 5.56 Å². The van der Waals surface area contributed by atoms with Crippen LogP contribution in [0, 0.1) is 0 Å². The molecule has 1 heterocycles. The Balaban J connectivity index is 1.95. The van der Waals surface area contributed by atoms with E-state index in [0.717, 1.165) is 11.3 Å². The molecular weight excluding hydrogens is 324 g/mol. The van der Waals surface area contributed by atoms with Crippen LogP contribution in [0.25, 0.3) is 6.08 Å². The average Bonchev–Trinajstić information content (AvgIpc) is 2.55. The fraction of sp³-hybridized carbons (Fsp3) is 0.158. The standard InChI is InChI=1S/C19H15ClN2O2/c1-21(2)14-8-11-6-7-16-18(23)17(11)15(10-14)19(24)22(16)13-5-3-4-12(20)9-13/h3-10,16H,1-2H3. The number of amides is 1. The lowest BCUT2D eigenvalue weighted by Crippen LogP contribution is -2.50. The first kappa shape index (κ1) is 15.0. The van der Waals surface area contributed by atoms with Crippen LogP contribution in [0.2, 0.25) is 5.02 Å². The number of anilines is 2. The van der Waals surface area contributed by atoms with Crippen LogP contribution < -0.4 is 9.80 Å². The van der Waals surface area contributed by atoms with Crippen molar-refractivity contribution in [3.8, 4) is 0 Å². The van der Waals surface area contributed by atoms with Gasteiger partial charge in [-0.25, -0.2) is 0 Å². The average molecular weight is 339 g/mol. The van der Waals surface area contributed by atoms with Crippen LogP contribution in [-0.4, -0.2) is 31.8 Å². The van der Waals surface area contributed by atoms with Crippen molar-refractivity contribution in [3.05, 3.63) is 64.2 Å². The molecule has 0 radical (unpaired) electrons. The van der Waals surface area contributed by atoms with E-state index >= 15 is 0 Å². The predicted octanol–water partition coefficient (Wildman–Crippen LogP) is 3.64. The highest BCUT2D eigenvalue weighted by atomic mass is 35.5. The molecule has 0 N–H and O–H groups in total. The van der Waals surface area contributed by atoms with E-state index < -0.39 is 6.04 Å². The van der Waals surface area contributed by atoms with E-state index in [1.54, 1.807) is 36.4 Å². The van der Waals surface area contributed by atoms with Gasteiger partial charge < -0.3 is 4.90 Å². The van der Waals surface area contributed by atoms with Crippen LogP contribution in [0.3, 0.4) is 0 Å². The second-order valence-electron chi connectivity index (χ2n) is 6.18. The molecule has 0 saturated heterocycles. The Bertz CT molecular complexity index is 918. The van der Waals surface area contributed by atoms with Crippen molar-refractivity contribution in [3.63, 3.8) is 0 Å². The molecule has 1 amide bonds. The molecule has 0 aromatic heterocycles. The van der Waals surface area contributed by atoms with E-state index in [1.165, 1.54) is 4.90 Å². The molecule has 0 spiro atoms. The molecule has 1 aliphatic carbocycles. The summed E-state index contributed by atoms with van der Waals surface area (Å²) in [7, 11) is 3.82. The second-order valence-corrected chi connectivity index (χ2v) is 6.61. The Kier molecular flexibility index (Phi) is 3.25. The summed E-state index contributed by atoms with van der Waals surface area (Å²) < 4.78 is 0. The van der Waals surface area contributed by atoms with Gasteiger partial charge in [-0.1, -0.05) is 29.8 Å². The number of rotatable bonds is 2. The lowest BCUT2D eigenvalue weighted by molar-refractivity contribution is 0.0885. The maximum Gasteiger partial charge on any atom is 0.260 e. The first-order valence-corrected chi connectivity index (χ1v) is 8.02. The summed E-state index contributed by atoms with van der Waals surface area (Å²) in [5.74, 6) is -0.224. The normalized spacial score (nSPS) is 18.1.